The van der Waals surface area contributed by atoms with Gasteiger partial charge in [-0.3, -0.25) is 9.69 Å². The van der Waals surface area contributed by atoms with E-state index in [-0.39, 0.29) is 24.8 Å². The van der Waals surface area contributed by atoms with Crippen LogP contribution in [0.5, 0.6) is 23.4 Å². The van der Waals surface area contributed by atoms with Crippen LogP contribution in [0.1, 0.15) is 47.0 Å². The quantitative estimate of drug-likeness (QED) is 0.332. The highest BCUT2D eigenvalue weighted by molar-refractivity contribution is 7.16. The summed E-state index contributed by atoms with van der Waals surface area (Å²) in [6.07, 6.45) is 1.60. The second-order valence-electron chi connectivity index (χ2n) is 8.67. The molecule has 190 valence electrons. The summed E-state index contributed by atoms with van der Waals surface area (Å²) >= 11 is 7.78. The lowest BCUT2D eigenvalue weighted by atomic mass is 10.1. The van der Waals surface area contributed by atoms with Crippen LogP contribution >= 0.6 is 22.9 Å². The molecule has 5 heterocycles. The molecule has 0 unspecified atom stereocenters. The molecular formula is C25H22ClN5O5S. The maximum absolute atomic E-state index is 14.0. The number of carbonyl (C=O) groups is 1. The van der Waals surface area contributed by atoms with E-state index in [4.69, 9.17) is 35.5 Å². The van der Waals surface area contributed by atoms with Crippen molar-refractivity contribution in [3.05, 3.63) is 57.1 Å². The monoisotopic (exact) mass is 539 g/mol. The van der Waals surface area contributed by atoms with Crippen LogP contribution in [-0.2, 0) is 0 Å². The minimum atomic E-state index is -0.464. The van der Waals surface area contributed by atoms with Crippen molar-refractivity contribution in [1.29, 1.82) is 0 Å². The number of carbonyl (C=O) groups excluding carboxylic acids is 1. The number of ether oxygens (including phenoxy) is 4. The summed E-state index contributed by atoms with van der Waals surface area (Å²) < 4.78 is 24.4. The Hall–Kier alpha value is -3.83. The maximum Gasteiger partial charge on any atom is 0.319 e. The molecule has 4 aromatic rings. The number of amides is 1. The molecule has 0 radical (unpaired) electrons. The molecular weight excluding hydrogens is 518 g/mol. The molecule has 37 heavy (non-hydrogen) atoms. The van der Waals surface area contributed by atoms with Gasteiger partial charge in [-0.1, -0.05) is 11.6 Å². The SMILES string of the molecule is COc1ncc(-c2nc3c(n2C(C)C)[C@@H](c2ccc(Cl)s2)N(c2ccc4c(c2)OCO4)C3=O)c(OC)n1. The summed E-state index contributed by atoms with van der Waals surface area (Å²) in [6.45, 7) is 4.22. The van der Waals surface area contributed by atoms with Crippen LogP contribution in [0.25, 0.3) is 11.4 Å². The third-order valence-electron chi connectivity index (χ3n) is 6.25. The van der Waals surface area contributed by atoms with E-state index in [9.17, 15) is 4.79 Å². The number of fused-ring (bicyclic) bond motifs is 2. The van der Waals surface area contributed by atoms with E-state index >= 15 is 0 Å². The van der Waals surface area contributed by atoms with E-state index < -0.39 is 6.04 Å². The number of hydrogen-bond acceptors (Lipinski definition) is 9. The molecule has 2 aliphatic heterocycles. The van der Waals surface area contributed by atoms with Crippen molar-refractivity contribution in [3.63, 3.8) is 0 Å². The number of anilines is 1. The molecule has 12 heteroatoms. The molecule has 1 atom stereocenters. The third kappa shape index (κ3) is 3.68. The molecule has 10 nitrogen and oxygen atoms in total. The molecule has 0 aliphatic carbocycles. The van der Waals surface area contributed by atoms with Crippen LogP contribution in [0.4, 0.5) is 5.69 Å². The Morgan fingerprint density at radius 2 is 1.92 bits per heavy atom. The van der Waals surface area contributed by atoms with Crippen molar-refractivity contribution >= 4 is 34.5 Å². The minimum absolute atomic E-state index is 0.0551. The molecule has 6 rings (SSSR count). The highest BCUT2D eigenvalue weighted by atomic mass is 35.5. The second kappa shape index (κ2) is 8.93. The van der Waals surface area contributed by atoms with Crippen molar-refractivity contribution in [2.45, 2.75) is 25.9 Å². The van der Waals surface area contributed by atoms with E-state index in [0.29, 0.717) is 44.5 Å². The molecule has 2 aliphatic rings. The number of aromatic nitrogens is 4. The van der Waals surface area contributed by atoms with Crippen molar-refractivity contribution in [2.75, 3.05) is 25.9 Å². The summed E-state index contributed by atoms with van der Waals surface area (Å²) in [7, 11) is 3.00. The molecule has 0 saturated carbocycles. The van der Waals surface area contributed by atoms with Crippen LogP contribution in [0, 0.1) is 0 Å². The number of hydrogen-bond donors (Lipinski definition) is 0. The van der Waals surface area contributed by atoms with E-state index in [1.807, 2.05) is 42.7 Å². The first-order chi connectivity index (χ1) is 17.9. The van der Waals surface area contributed by atoms with Gasteiger partial charge in [0.2, 0.25) is 12.7 Å². The summed E-state index contributed by atoms with van der Waals surface area (Å²) in [5.41, 5.74) is 2.32. The Kier molecular flexibility index (Phi) is 5.68. The molecule has 0 fully saturated rings. The van der Waals surface area contributed by atoms with Gasteiger partial charge in [-0.25, -0.2) is 9.97 Å². The second-order valence-corrected chi connectivity index (χ2v) is 10.4. The number of halogens is 1. The summed E-state index contributed by atoms with van der Waals surface area (Å²) in [6, 6.07) is 8.90. The molecule has 3 aromatic heterocycles. The van der Waals surface area contributed by atoms with Crippen LogP contribution in [0.15, 0.2) is 36.5 Å². The molecule has 0 saturated heterocycles. The van der Waals surface area contributed by atoms with Gasteiger partial charge >= 0.3 is 6.01 Å². The number of rotatable bonds is 6. The lowest BCUT2D eigenvalue weighted by molar-refractivity contribution is 0.0989. The highest BCUT2D eigenvalue weighted by Gasteiger charge is 2.46. The lowest BCUT2D eigenvalue weighted by Crippen LogP contribution is -2.29. The first-order valence-corrected chi connectivity index (χ1v) is 12.7. The fourth-order valence-corrected chi connectivity index (χ4v) is 5.88. The van der Waals surface area contributed by atoms with Gasteiger partial charge in [0, 0.05) is 28.9 Å². The number of benzene rings is 1. The predicted molar refractivity (Wildman–Crippen MR) is 137 cm³/mol. The predicted octanol–water partition coefficient (Wildman–Crippen LogP) is 5.13. The number of methoxy groups -OCH3 is 2. The Morgan fingerprint density at radius 1 is 1.11 bits per heavy atom. The van der Waals surface area contributed by atoms with Crippen LogP contribution in [0.3, 0.4) is 0 Å². The fourth-order valence-electron chi connectivity index (χ4n) is 4.73. The first-order valence-electron chi connectivity index (χ1n) is 11.5. The molecule has 0 bridgehead atoms. The van der Waals surface area contributed by atoms with Crippen molar-refractivity contribution in [2.24, 2.45) is 0 Å². The Balaban J connectivity index is 1.57. The zero-order chi connectivity index (χ0) is 25.8. The van der Waals surface area contributed by atoms with Crippen molar-refractivity contribution in [1.82, 2.24) is 19.5 Å². The molecule has 0 N–H and O–H groups in total. The third-order valence-corrected chi connectivity index (χ3v) is 7.53. The van der Waals surface area contributed by atoms with Gasteiger partial charge < -0.3 is 23.5 Å². The zero-order valence-corrected chi connectivity index (χ0v) is 22.0. The largest absolute Gasteiger partial charge is 0.480 e. The Bertz CT molecular complexity index is 1530. The first kappa shape index (κ1) is 23.6. The van der Waals surface area contributed by atoms with Gasteiger partial charge in [-0.15, -0.1) is 11.3 Å². The van der Waals surface area contributed by atoms with Gasteiger partial charge in [0.15, 0.2) is 17.2 Å². The van der Waals surface area contributed by atoms with E-state index in [1.165, 1.54) is 25.6 Å². The normalized spacial score (nSPS) is 16.0. The van der Waals surface area contributed by atoms with Gasteiger partial charge in [-0.05, 0) is 38.1 Å². The van der Waals surface area contributed by atoms with Gasteiger partial charge in [0.05, 0.1) is 29.8 Å². The van der Waals surface area contributed by atoms with Gasteiger partial charge in [0.25, 0.3) is 5.91 Å². The minimum Gasteiger partial charge on any atom is -0.480 e. The Labute approximate surface area is 221 Å². The van der Waals surface area contributed by atoms with Crippen LogP contribution in [0.2, 0.25) is 4.34 Å². The fraction of sp³-hybridized carbons (Fsp3) is 0.280. The lowest BCUT2D eigenvalue weighted by Gasteiger charge is -2.27. The number of imidazole rings is 1. The molecule has 1 amide bonds. The number of thiophene rings is 1. The average molecular weight is 540 g/mol. The maximum atomic E-state index is 14.0. The van der Waals surface area contributed by atoms with Crippen LogP contribution < -0.4 is 23.8 Å². The number of nitrogens with zero attached hydrogens (tertiary/aromatic N) is 5. The Morgan fingerprint density at radius 3 is 2.62 bits per heavy atom. The van der Waals surface area contributed by atoms with E-state index in [1.54, 1.807) is 17.2 Å². The van der Waals surface area contributed by atoms with Gasteiger partial charge in [0.1, 0.15) is 11.9 Å². The van der Waals surface area contributed by atoms with E-state index in [0.717, 1.165) is 10.6 Å². The summed E-state index contributed by atoms with van der Waals surface area (Å²) in [5.74, 6) is 1.82. The van der Waals surface area contributed by atoms with Crippen LogP contribution in [-0.4, -0.2) is 46.4 Å². The molecule has 1 aromatic carbocycles. The van der Waals surface area contributed by atoms with E-state index in [2.05, 4.69) is 9.97 Å². The standard InChI is InChI=1S/C25H22ClN5O5S/c1-12(2)30-21-19(28-22(30)14-10-27-25(34-4)29-23(14)33-3)24(32)31(20(21)17-7-8-18(26)37-17)13-5-6-15-16(9-13)36-11-35-15/h5-10,12,20H,11H2,1-4H3/t20-/m1/s1. The molecule has 0 spiro atoms. The van der Waals surface area contributed by atoms with Crippen molar-refractivity contribution < 1.29 is 23.7 Å². The smallest absolute Gasteiger partial charge is 0.319 e. The van der Waals surface area contributed by atoms with Crippen molar-refractivity contribution in [3.8, 4) is 34.8 Å². The average Bonchev–Trinajstić information content (AvgIpc) is 3.67. The summed E-state index contributed by atoms with van der Waals surface area (Å²) in [5, 5.41) is 0. The topological polar surface area (TPSA) is 101 Å². The zero-order valence-electron chi connectivity index (χ0n) is 20.4. The summed E-state index contributed by atoms with van der Waals surface area (Å²) in [4.78, 5) is 30.1. The van der Waals surface area contributed by atoms with Gasteiger partial charge in [-0.2, -0.15) is 4.98 Å². The highest BCUT2D eigenvalue weighted by Crippen LogP contribution is 2.48.